The Morgan fingerprint density at radius 3 is 1.94 bits per heavy atom. The quantitative estimate of drug-likeness (QED) is 0.0526. The number of carbonyl (C=O) groups is 5. The van der Waals surface area contributed by atoms with E-state index in [0.29, 0.717) is 18.6 Å². The monoisotopic (exact) mass is 532 g/mol. The molecule has 0 aliphatic carbocycles. The molecule has 0 aliphatic heterocycles. The van der Waals surface area contributed by atoms with Crippen LogP contribution in [0.1, 0.15) is 46.0 Å². The number of hydrogen-bond acceptors (Lipinski definition) is 8. The molecule has 4 atom stereocenters. The van der Waals surface area contributed by atoms with Crippen molar-refractivity contribution in [2.75, 3.05) is 18.6 Å². The Balaban J connectivity index is 5.59. The van der Waals surface area contributed by atoms with Gasteiger partial charge in [0.25, 0.3) is 0 Å². The summed E-state index contributed by atoms with van der Waals surface area (Å²) in [6.07, 6.45) is 2.34. The van der Waals surface area contributed by atoms with Crippen LogP contribution in [0.3, 0.4) is 0 Å². The molecule has 0 rings (SSSR count). The van der Waals surface area contributed by atoms with Crippen molar-refractivity contribution in [2.45, 2.75) is 70.1 Å². The van der Waals surface area contributed by atoms with Crippen LogP contribution in [0.15, 0.2) is 4.99 Å². The maximum Gasteiger partial charge on any atom is 0.326 e. The first-order valence-electron chi connectivity index (χ1n) is 11.5. The van der Waals surface area contributed by atoms with Gasteiger partial charge in [0.1, 0.15) is 18.1 Å². The Labute approximate surface area is 215 Å². The summed E-state index contributed by atoms with van der Waals surface area (Å²) in [6, 6.07) is -4.55. The number of thioether (sulfide) groups is 1. The van der Waals surface area contributed by atoms with Crippen molar-refractivity contribution in [1.29, 1.82) is 0 Å². The highest BCUT2D eigenvalue weighted by molar-refractivity contribution is 7.98. The van der Waals surface area contributed by atoms with E-state index in [1.165, 1.54) is 11.8 Å². The zero-order chi connectivity index (χ0) is 27.8. The molecule has 4 amide bonds. The molecule has 0 aromatic heterocycles. The van der Waals surface area contributed by atoms with Gasteiger partial charge in [-0.3, -0.25) is 24.2 Å². The number of amides is 4. The molecule has 4 unspecified atom stereocenters. The highest BCUT2D eigenvalue weighted by Gasteiger charge is 2.31. The largest absolute Gasteiger partial charge is 0.480 e. The number of primary amides is 1. The molecular weight excluding hydrogens is 492 g/mol. The van der Waals surface area contributed by atoms with Gasteiger partial charge in [0.2, 0.25) is 23.6 Å². The standard InChI is InChI=1S/C21H40N8O6S/c1-11(2)9-14(19(33)29-15(20(34)35)10-16(23)30)28-18(32)13(5-4-7-26-21(24)25)27-17(31)12(22)6-8-36-3/h11-15H,4-10,22H2,1-3H3,(H2,23,30)(H,27,31)(H,28,32)(H,29,33)(H,34,35)(H4,24,25,26). The SMILES string of the molecule is CSCCC(N)C(=O)NC(CCCN=C(N)N)C(=O)NC(CC(C)C)C(=O)NC(CC(N)=O)C(=O)O. The molecule has 0 bridgehead atoms. The number of aliphatic carboxylic acids is 1. The smallest absolute Gasteiger partial charge is 0.326 e. The molecule has 15 heteroatoms. The van der Waals surface area contributed by atoms with Crippen molar-refractivity contribution in [1.82, 2.24) is 16.0 Å². The topological polar surface area (TPSA) is 258 Å². The van der Waals surface area contributed by atoms with Gasteiger partial charge in [-0.05, 0) is 43.6 Å². The Bertz CT molecular complexity index is 790. The van der Waals surface area contributed by atoms with Crippen molar-refractivity contribution >= 4 is 47.3 Å². The lowest BCUT2D eigenvalue weighted by atomic mass is 10.0. The fourth-order valence-electron chi connectivity index (χ4n) is 3.08. The van der Waals surface area contributed by atoms with E-state index in [9.17, 15) is 29.1 Å². The number of carboxylic acid groups (broad SMARTS) is 1. The second kappa shape index (κ2) is 17.4. The number of carbonyl (C=O) groups excluding carboxylic acids is 4. The van der Waals surface area contributed by atoms with Gasteiger partial charge in [-0.1, -0.05) is 13.8 Å². The van der Waals surface area contributed by atoms with E-state index in [1.54, 1.807) is 0 Å². The molecule has 36 heavy (non-hydrogen) atoms. The van der Waals surface area contributed by atoms with Gasteiger partial charge in [-0.2, -0.15) is 11.8 Å². The van der Waals surface area contributed by atoms with Crippen LogP contribution in [-0.2, 0) is 24.0 Å². The van der Waals surface area contributed by atoms with Crippen molar-refractivity contribution in [3.05, 3.63) is 0 Å². The minimum absolute atomic E-state index is 0.0599. The third-order valence-corrected chi connectivity index (χ3v) is 5.55. The molecule has 0 aliphatic rings. The van der Waals surface area contributed by atoms with Crippen molar-refractivity contribution < 1.29 is 29.1 Å². The molecule has 0 fully saturated rings. The number of guanidine groups is 1. The first kappa shape index (κ1) is 32.9. The van der Waals surface area contributed by atoms with Crippen LogP contribution in [0, 0.1) is 5.92 Å². The van der Waals surface area contributed by atoms with Crippen molar-refractivity contribution in [3.63, 3.8) is 0 Å². The van der Waals surface area contributed by atoms with Crippen LogP contribution in [0.2, 0.25) is 0 Å². The van der Waals surface area contributed by atoms with E-state index in [-0.39, 0.29) is 31.3 Å². The second-order valence-electron chi connectivity index (χ2n) is 8.66. The Hall–Kier alpha value is -3.07. The molecule has 0 spiro atoms. The number of rotatable bonds is 18. The van der Waals surface area contributed by atoms with E-state index >= 15 is 0 Å². The second-order valence-corrected chi connectivity index (χ2v) is 9.64. The predicted molar refractivity (Wildman–Crippen MR) is 138 cm³/mol. The van der Waals surface area contributed by atoms with E-state index in [0.717, 1.165) is 0 Å². The lowest BCUT2D eigenvalue weighted by Crippen LogP contribution is -2.57. The predicted octanol–water partition coefficient (Wildman–Crippen LogP) is -2.42. The lowest BCUT2D eigenvalue weighted by Gasteiger charge is -2.26. The molecular formula is C21H40N8O6S. The Morgan fingerprint density at radius 2 is 1.44 bits per heavy atom. The summed E-state index contributed by atoms with van der Waals surface area (Å²) in [6.45, 7) is 3.83. The van der Waals surface area contributed by atoms with Crippen LogP contribution in [0.25, 0.3) is 0 Å². The van der Waals surface area contributed by atoms with Crippen molar-refractivity contribution in [3.8, 4) is 0 Å². The van der Waals surface area contributed by atoms with Gasteiger partial charge < -0.3 is 44.0 Å². The summed E-state index contributed by atoms with van der Waals surface area (Å²) in [4.78, 5) is 64.9. The molecule has 0 aromatic rings. The first-order chi connectivity index (χ1) is 16.8. The van der Waals surface area contributed by atoms with Gasteiger partial charge >= 0.3 is 5.97 Å². The average molecular weight is 533 g/mol. The fraction of sp³-hybridized carbons (Fsp3) is 0.714. The zero-order valence-electron chi connectivity index (χ0n) is 21.0. The number of hydrogen-bond donors (Lipinski definition) is 8. The number of nitrogens with zero attached hydrogens (tertiary/aromatic N) is 1. The molecule has 14 nitrogen and oxygen atoms in total. The van der Waals surface area contributed by atoms with Crippen LogP contribution >= 0.6 is 11.8 Å². The average Bonchev–Trinajstić information content (AvgIpc) is 2.77. The molecule has 12 N–H and O–H groups in total. The highest BCUT2D eigenvalue weighted by atomic mass is 32.2. The van der Waals surface area contributed by atoms with Gasteiger partial charge in [-0.15, -0.1) is 0 Å². The summed E-state index contributed by atoms with van der Waals surface area (Å²) < 4.78 is 0. The van der Waals surface area contributed by atoms with Crippen molar-refractivity contribution in [2.24, 2.45) is 33.8 Å². The third kappa shape index (κ3) is 14.4. The molecule has 206 valence electrons. The number of nitrogens with one attached hydrogen (secondary N) is 3. The third-order valence-electron chi connectivity index (χ3n) is 4.91. The molecule has 0 radical (unpaired) electrons. The molecule has 0 saturated heterocycles. The minimum Gasteiger partial charge on any atom is -0.480 e. The van der Waals surface area contributed by atoms with E-state index in [4.69, 9.17) is 22.9 Å². The summed E-state index contributed by atoms with van der Waals surface area (Å²) in [5, 5.41) is 16.7. The van der Waals surface area contributed by atoms with E-state index in [2.05, 4.69) is 20.9 Å². The highest BCUT2D eigenvalue weighted by Crippen LogP contribution is 2.09. The summed E-state index contributed by atoms with van der Waals surface area (Å²) >= 11 is 1.53. The van der Waals surface area contributed by atoms with E-state index < -0.39 is 60.2 Å². The van der Waals surface area contributed by atoms with Crippen LogP contribution in [0.4, 0.5) is 0 Å². The minimum atomic E-state index is -1.55. The normalized spacial score (nSPS) is 14.1. The first-order valence-corrected chi connectivity index (χ1v) is 12.9. The van der Waals surface area contributed by atoms with E-state index in [1.807, 2.05) is 20.1 Å². The van der Waals surface area contributed by atoms with Gasteiger partial charge in [0.05, 0.1) is 12.5 Å². The van der Waals surface area contributed by atoms with Gasteiger partial charge in [-0.25, -0.2) is 4.79 Å². The zero-order valence-corrected chi connectivity index (χ0v) is 21.8. The number of carboxylic acids is 1. The van der Waals surface area contributed by atoms with Gasteiger partial charge in [0.15, 0.2) is 5.96 Å². The molecule has 0 aromatic carbocycles. The Morgan fingerprint density at radius 1 is 0.889 bits per heavy atom. The maximum atomic E-state index is 13.1. The van der Waals surface area contributed by atoms with Crippen LogP contribution < -0.4 is 38.9 Å². The number of aliphatic imine (C=N–C) groups is 1. The fourth-order valence-corrected chi connectivity index (χ4v) is 3.57. The van der Waals surface area contributed by atoms with Crippen LogP contribution in [0.5, 0.6) is 0 Å². The maximum absolute atomic E-state index is 13.1. The summed E-state index contributed by atoms with van der Waals surface area (Å²) in [5.74, 6) is -3.85. The van der Waals surface area contributed by atoms with Crippen LogP contribution in [-0.4, -0.2) is 83.4 Å². The number of nitrogens with two attached hydrogens (primary N) is 4. The molecule has 0 saturated carbocycles. The lowest BCUT2D eigenvalue weighted by molar-refractivity contribution is -0.144. The van der Waals surface area contributed by atoms with Gasteiger partial charge in [0, 0.05) is 6.54 Å². The summed E-state index contributed by atoms with van der Waals surface area (Å²) in [7, 11) is 0. The molecule has 0 heterocycles. The summed E-state index contributed by atoms with van der Waals surface area (Å²) in [5.41, 5.74) is 21.6. The Kier molecular flexibility index (Phi) is 15.9.